The van der Waals surface area contributed by atoms with E-state index in [0.717, 1.165) is 26.5 Å². The SMILES string of the molecule is COc1ccc(CNC(=O)COCc2nc3ccccc3s2)cc1. The number of nitrogens with one attached hydrogen (secondary N) is 1. The molecule has 0 aliphatic heterocycles. The van der Waals surface area contributed by atoms with Crippen molar-refractivity contribution in [2.45, 2.75) is 13.2 Å². The van der Waals surface area contributed by atoms with Crippen LogP contribution in [0.5, 0.6) is 5.75 Å². The normalized spacial score (nSPS) is 10.7. The minimum absolute atomic E-state index is 0.0199. The largest absolute Gasteiger partial charge is 0.497 e. The Morgan fingerprint density at radius 3 is 2.71 bits per heavy atom. The summed E-state index contributed by atoms with van der Waals surface area (Å²) in [4.78, 5) is 16.3. The third-order valence-corrected chi connectivity index (χ3v) is 4.46. The summed E-state index contributed by atoms with van der Waals surface area (Å²) in [5.41, 5.74) is 1.97. The molecule has 3 aromatic rings. The fourth-order valence-electron chi connectivity index (χ4n) is 2.21. The van der Waals surface area contributed by atoms with Crippen LogP contribution >= 0.6 is 11.3 Å². The zero-order chi connectivity index (χ0) is 16.8. The van der Waals surface area contributed by atoms with Crippen molar-refractivity contribution in [2.24, 2.45) is 0 Å². The molecule has 124 valence electrons. The molecule has 5 nitrogen and oxygen atoms in total. The highest BCUT2D eigenvalue weighted by Crippen LogP contribution is 2.21. The first-order chi connectivity index (χ1) is 11.7. The molecule has 0 saturated carbocycles. The molecule has 1 aromatic heterocycles. The highest BCUT2D eigenvalue weighted by atomic mass is 32.1. The van der Waals surface area contributed by atoms with E-state index in [1.165, 1.54) is 0 Å². The van der Waals surface area contributed by atoms with Gasteiger partial charge in [-0.1, -0.05) is 24.3 Å². The molecule has 1 amide bonds. The zero-order valence-corrected chi connectivity index (χ0v) is 14.1. The highest BCUT2D eigenvalue weighted by Gasteiger charge is 2.06. The summed E-state index contributed by atoms with van der Waals surface area (Å²) in [5, 5.41) is 3.70. The van der Waals surface area contributed by atoms with Gasteiger partial charge in [-0.05, 0) is 29.8 Å². The number of carbonyl (C=O) groups is 1. The molecule has 0 fully saturated rings. The number of amides is 1. The third kappa shape index (κ3) is 4.31. The van der Waals surface area contributed by atoms with Crippen molar-refractivity contribution in [2.75, 3.05) is 13.7 Å². The summed E-state index contributed by atoms with van der Waals surface area (Å²) < 4.78 is 11.7. The van der Waals surface area contributed by atoms with Gasteiger partial charge in [-0.25, -0.2) is 4.98 Å². The van der Waals surface area contributed by atoms with E-state index in [2.05, 4.69) is 10.3 Å². The maximum absolute atomic E-state index is 11.8. The Balaban J connectivity index is 1.41. The summed E-state index contributed by atoms with van der Waals surface area (Å²) in [5.74, 6) is 0.649. The van der Waals surface area contributed by atoms with Gasteiger partial charge < -0.3 is 14.8 Å². The van der Waals surface area contributed by atoms with Gasteiger partial charge in [-0.15, -0.1) is 11.3 Å². The molecular weight excluding hydrogens is 324 g/mol. The van der Waals surface area contributed by atoms with Crippen LogP contribution in [0.15, 0.2) is 48.5 Å². The standard InChI is InChI=1S/C18H18N2O3S/c1-22-14-8-6-13(7-9-14)10-19-17(21)11-23-12-18-20-15-4-2-3-5-16(15)24-18/h2-9H,10-12H2,1H3,(H,19,21). The molecule has 1 N–H and O–H groups in total. The zero-order valence-electron chi connectivity index (χ0n) is 13.3. The summed E-state index contributed by atoms with van der Waals surface area (Å²) in [6.45, 7) is 0.828. The van der Waals surface area contributed by atoms with Crippen LogP contribution < -0.4 is 10.1 Å². The first-order valence-electron chi connectivity index (χ1n) is 7.56. The molecule has 2 aromatic carbocycles. The molecule has 0 radical (unpaired) electrons. The summed E-state index contributed by atoms with van der Waals surface area (Å²) in [6.07, 6.45) is 0. The maximum Gasteiger partial charge on any atom is 0.246 e. The van der Waals surface area contributed by atoms with E-state index in [-0.39, 0.29) is 12.5 Å². The van der Waals surface area contributed by atoms with Gasteiger partial charge in [0.15, 0.2) is 0 Å². The Bertz CT molecular complexity index is 782. The van der Waals surface area contributed by atoms with Crippen LogP contribution in [-0.2, 0) is 22.7 Å². The molecule has 3 rings (SSSR count). The molecular formula is C18H18N2O3S. The Kier molecular flexibility index (Phi) is 5.40. The Morgan fingerprint density at radius 2 is 1.96 bits per heavy atom. The number of thiazole rings is 1. The number of hydrogen-bond acceptors (Lipinski definition) is 5. The molecule has 0 aliphatic carbocycles. The summed E-state index contributed by atoms with van der Waals surface area (Å²) >= 11 is 1.58. The van der Waals surface area contributed by atoms with Crippen molar-refractivity contribution in [3.05, 3.63) is 59.1 Å². The van der Waals surface area contributed by atoms with Gasteiger partial charge in [0, 0.05) is 6.54 Å². The van der Waals surface area contributed by atoms with E-state index >= 15 is 0 Å². The Morgan fingerprint density at radius 1 is 1.17 bits per heavy atom. The highest BCUT2D eigenvalue weighted by molar-refractivity contribution is 7.18. The summed E-state index contributed by atoms with van der Waals surface area (Å²) in [7, 11) is 1.62. The van der Waals surface area contributed by atoms with E-state index < -0.39 is 0 Å². The van der Waals surface area contributed by atoms with Gasteiger partial charge in [0.2, 0.25) is 5.91 Å². The van der Waals surface area contributed by atoms with E-state index in [1.807, 2.05) is 48.5 Å². The number of hydrogen-bond donors (Lipinski definition) is 1. The van der Waals surface area contributed by atoms with Crippen LogP contribution in [0, 0.1) is 0 Å². The first kappa shape index (κ1) is 16.4. The Labute approximate surface area is 144 Å². The molecule has 0 bridgehead atoms. The average Bonchev–Trinajstić information content (AvgIpc) is 3.03. The van der Waals surface area contributed by atoms with E-state index in [1.54, 1.807) is 18.4 Å². The average molecular weight is 342 g/mol. The van der Waals surface area contributed by atoms with Crippen molar-refractivity contribution >= 4 is 27.5 Å². The number of fused-ring (bicyclic) bond motifs is 1. The number of methoxy groups -OCH3 is 1. The lowest BCUT2D eigenvalue weighted by molar-refractivity contribution is -0.126. The van der Waals surface area contributed by atoms with Gasteiger partial charge in [-0.3, -0.25) is 4.79 Å². The van der Waals surface area contributed by atoms with Gasteiger partial charge in [0.05, 0.1) is 23.9 Å². The molecule has 6 heteroatoms. The van der Waals surface area contributed by atoms with Crippen molar-refractivity contribution in [3.8, 4) is 5.75 Å². The fraction of sp³-hybridized carbons (Fsp3) is 0.222. The number of rotatable bonds is 7. The number of carbonyl (C=O) groups excluding carboxylic acids is 1. The minimum Gasteiger partial charge on any atom is -0.497 e. The maximum atomic E-state index is 11.8. The lowest BCUT2D eigenvalue weighted by Gasteiger charge is -2.06. The minimum atomic E-state index is -0.146. The molecule has 0 atom stereocenters. The number of aromatic nitrogens is 1. The van der Waals surface area contributed by atoms with Gasteiger partial charge >= 0.3 is 0 Å². The van der Waals surface area contributed by atoms with Crippen molar-refractivity contribution in [1.29, 1.82) is 0 Å². The lowest BCUT2D eigenvalue weighted by Crippen LogP contribution is -2.27. The van der Waals surface area contributed by atoms with E-state index in [4.69, 9.17) is 9.47 Å². The lowest BCUT2D eigenvalue weighted by atomic mass is 10.2. The second-order valence-electron chi connectivity index (χ2n) is 5.19. The predicted molar refractivity (Wildman–Crippen MR) is 94.1 cm³/mol. The molecule has 0 aliphatic rings. The van der Waals surface area contributed by atoms with Gasteiger partial charge in [0.25, 0.3) is 0 Å². The van der Waals surface area contributed by atoms with Gasteiger partial charge in [-0.2, -0.15) is 0 Å². The molecule has 1 heterocycles. The van der Waals surface area contributed by atoms with Crippen LogP contribution in [0.3, 0.4) is 0 Å². The van der Waals surface area contributed by atoms with Crippen molar-refractivity contribution in [1.82, 2.24) is 10.3 Å². The van der Waals surface area contributed by atoms with Crippen molar-refractivity contribution < 1.29 is 14.3 Å². The molecule has 0 spiro atoms. The van der Waals surface area contributed by atoms with Crippen LogP contribution in [-0.4, -0.2) is 24.6 Å². The van der Waals surface area contributed by atoms with Crippen LogP contribution in [0.4, 0.5) is 0 Å². The number of para-hydroxylation sites is 1. The second-order valence-corrected chi connectivity index (χ2v) is 6.31. The number of ether oxygens (including phenoxy) is 2. The molecule has 24 heavy (non-hydrogen) atoms. The summed E-state index contributed by atoms with van der Waals surface area (Å²) in [6, 6.07) is 15.5. The number of nitrogens with zero attached hydrogens (tertiary/aromatic N) is 1. The van der Waals surface area contributed by atoms with Crippen molar-refractivity contribution in [3.63, 3.8) is 0 Å². The monoisotopic (exact) mass is 342 g/mol. The Hall–Kier alpha value is -2.44. The molecule has 0 unspecified atom stereocenters. The molecule has 0 saturated heterocycles. The van der Waals surface area contributed by atoms with Crippen LogP contribution in [0.25, 0.3) is 10.2 Å². The first-order valence-corrected chi connectivity index (χ1v) is 8.38. The third-order valence-electron chi connectivity index (χ3n) is 3.45. The second kappa shape index (κ2) is 7.90. The predicted octanol–water partition coefficient (Wildman–Crippen LogP) is 3.14. The van der Waals surface area contributed by atoms with E-state index in [0.29, 0.717) is 13.2 Å². The van der Waals surface area contributed by atoms with Crippen LogP contribution in [0.2, 0.25) is 0 Å². The van der Waals surface area contributed by atoms with Crippen LogP contribution in [0.1, 0.15) is 10.6 Å². The quantitative estimate of drug-likeness (QED) is 0.717. The topological polar surface area (TPSA) is 60.5 Å². The number of benzene rings is 2. The van der Waals surface area contributed by atoms with E-state index in [9.17, 15) is 4.79 Å². The smallest absolute Gasteiger partial charge is 0.246 e. The fourth-order valence-corrected chi connectivity index (χ4v) is 3.11. The van der Waals surface area contributed by atoms with Gasteiger partial charge in [0.1, 0.15) is 17.4 Å².